The Bertz CT molecular complexity index is 291. The van der Waals surface area contributed by atoms with Crippen molar-refractivity contribution in [3.05, 3.63) is 12.7 Å². The second-order valence-corrected chi connectivity index (χ2v) is 4.36. The second kappa shape index (κ2) is 7.06. The predicted octanol–water partition coefficient (Wildman–Crippen LogP) is 0.379. The summed E-state index contributed by atoms with van der Waals surface area (Å²) in [6.45, 7) is 4.79. The lowest BCUT2D eigenvalue weighted by Gasteiger charge is -2.16. The van der Waals surface area contributed by atoms with Crippen LogP contribution in [0.5, 0.6) is 0 Å². The van der Waals surface area contributed by atoms with Gasteiger partial charge in [0, 0.05) is 6.54 Å². The van der Waals surface area contributed by atoms with E-state index in [1.807, 2.05) is 0 Å². The van der Waals surface area contributed by atoms with Crippen LogP contribution in [0.1, 0.15) is 19.3 Å². The molecule has 1 amide bonds. The van der Waals surface area contributed by atoms with E-state index in [1.54, 1.807) is 6.08 Å². The van der Waals surface area contributed by atoms with Crippen LogP contribution in [0.4, 0.5) is 0 Å². The van der Waals surface area contributed by atoms with Crippen molar-refractivity contribution < 1.29 is 14.7 Å². The van der Waals surface area contributed by atoms with E-state index in [0.29, 0.717) is 13.1 Å². The van der Waals surface area contributed by atoms with E-state index in [9.17, 15) is 9.59 Å². The van der Waals surface area contributed by atoms with Crippen LogP contribution in [0.2, 0.25) is 0 Å². The molecule has 5 nitrogen and oxygen atoms in total. The summed E-state index contributed by atoms with van der Waals surface area (Å²) in [5.74, 6) is -0.904. The summed E-state index contributed by atoms with van der Waals surface area (Å²) in [6.07, 6.45) is 4.27. The molecule has 0 aromatic heterocycles. The van der Waals surface area contributed by atoms with Crippen LogP contribution in [0.15, 0.2) is 12.7 Å². The molecule has 0 aliphatic heterocycles. The number of amides is 1. The molecule has 17 heavy (non-hydrogen) atoms. The first-order valence-corrected chi connectivity index (χ1v) is 5.96. The van der Waals surface area contributed by atoms with Crippen LogP contribution in [-0.2, 0) is 9.59 Å². The Morgan fingerprint density at radius 2 is 2.18 bits per heavy atom. The highest BCUT2D eigenvalue weighted by molar-refractivity contribution is 5.78. The molecule has 0 heterocycles. The lowest BCUT2D eigenvalue weighted by atomic mass is 9.96. The Hall–Kier alpha value is -1.36. The molecule has 1 saturated carbocycles. The minimum absolute atomic E-state index is 0.0882. The van der Waals surface area contributed by atoms with Gasteiger partial charge >= 0.3 is 5.97 Å². The van der Waals surface area contributed by atoms with Gasteiger partial charge in [-0.25, -0.2) is 0 Å². The van der Waals surface area contributed by atoms with Gasteiger partial charge in [0.2, 0.25) is 5.91 Å². The van der Waals surface area contributed by atoms with Crippen molar-refractivity contribution in [3.63, 3.8) is 0 Å². The van der Waals surface area contributed by atoms with E-state index in [-0.39, 0.29) is 24.3 Å². The van der Waals surface area contributed by atoms with E-state index in [4.69, 9.17) is 5.11 Å². The maximum absolute atomic E-state index is 11.3. The van der Waals surface area contributed by atoms with Gasteiger partial charge in [-0.2, -0.15) is 0 Å². The molecule has 0 saturated heterocycles. The van der Waals surface area contributed by atoms with Gasteiger partial charge in [-0.3, -0.25) is 9.59 Å². The third-order valence-corrected chi connectivity index (χ3v) is 3.11. The van der Waals surface area contributed by atoms with E-state index in [1.165, 1.54) is 0 Å². The highest BCUT2D eigenvalue weighted by Gasteiger charge is 2.32. The van der Waals surface area contributed by atoms with Gasteiger partial charge in [0.05, 0.1) is 12.5 Å². The molecule has 3 N–H and O–H groups in total. The van der Waals surface area contributed by atoms with Crippen LogP contribution < -0.4 is 10.6 Å². The summed E-state index contributed by atoms with van der Waals surface area (Å²) < 4.78 is 0. The van der Waals surface area contributed by atoms with Crippen LogP contribution in [0.3, 0.4) is 0 Å². The van der Waals surface area contributed by atoms with Gasteiger partial charge in [0.1, 0.15) is 0 Å². The SMILES string of the molecule is C=CCNC(=O)CNCC1CCCC1C(=O)O. The minimum atomic E-state index is -0.717. The average Bonchev–Trinajstić information content (AvgIpc) is 2.74. The number of hydrogen-bond acceptors (Lipinski definition) is 3. The van der Waals surface area contributed by atoms with Crippen molar-refractivity contribution in [2.75, 3.05) is 19.6 Å². The maximum Gasteiger partial charge on any atom is 0.306 e. The Morgan fingerprint density at radius 3 is 2.82 bits per heavy atom. The molecule has 2 unspecified atom stereocenters. The molecule has 1 fully saturated rings. The Labute approximate surface area is 101 Å². The maximum atomic E-state index is 11.3. The molecule has 0 aromatic carbocycles. The summed E-state index contributed by atoms with van der Waals surface area (Å²) in [4.78, 5) is 22.2. The smallest absolute Gasteiger partial charge is 0.306 e. The topological polar surface area (TPSA) is 78.4 Å². The zero-order valence-corrected chi connectivity index (χ0v) is 9.95. The van der Waals surface area contributed by atoms with Gasteiger partial charge in [-0.15, -0.1) is 6.58 Å². The lowest BCUT2D eigenvalue weighted by molar-refractivity contribution is -0.142. The molecule has 1 aliphatic rings. The van der Waals surface area contributed by atoms with Crippen molar-refractivity contribution in [2.24, 2.45) is 11.8 Å². The highest BCUT2D eigenvalue weighted by atomic mass is 16.4. The van der Waals surface area contributed by atoms with Crippen LogP contribution in [-0.4, -0.2) is 36.6 Å². The number of carboxylic acid groups (broad SMARTS) is 1. The summed E-state index contributed by atoms with van der Waals surface area (Å²) in [5.41, 5.74) is 0. The fourth-order valence-electron chi connectivity index (χ4n) is 2.23. The second-order valence-electron chi connectivity index (χ2n) is 4.36. The Morgan fingerprint density at radius 1 is 1.41 bits per heavy atom. The van der Waals surface area contributed by atoms with Crippen molar-refractivity contribution >= 4 is 11.9 Å². The van der Waals surface area contributed by atoms with Crippen molar-refractivity contribution in [3.8, 4) is 0 Å². The molecule has 5 heteroatoms. The molecular formula is C12H20N2O3. The van der Waals surface area contributed by atoms with Gasteiger partial charge in [0.15, 0.2) is 0 Å². The monoisotopic (exact) mass is 240 g/mol. The summed E-state index contributed by atoms with van der Waals surface area (Å²) >= 11 is 0. The van der Waals surface area contributed by atoms with Crippen molar-refractivity contribution in [2.45, 2.75) is 19.3 Å². The van der Waals surface area contributed by atoms with Crippen LogP contribution >= 0.6 is 0 Å². The van der Waals surface area contributed by atoms with Crippen LogP contribution in [0.25, 0.3) is 0 Å². The van der Waals surface area contributed by atoms with Gasteiger partial charge < -0.3 is 15.7 Å². The normalized spacial score (nSPS) is 23.3. The summed E-state index contributed by atoms with van der Waals surface area (Å²) in [6, 6.07) is 0. The zero-order valence-electron chi connectivity index (χ0n) is 9.95. The number of hydrogen-bond donors (Lipinski definition) is 3. The highest BCUT2D eigenvalue weighted by Crippen LogP contribution is 2.31. The van der Waals surface area contributed by atoms with E-state index >= 15 is 0 Å². The van der Waals surface area contributed by atoms with Crippen molar-refractivity contribution in [1.82, 2.24) is 10.6 Å². The van der Waals surface area contributed by atoms with Gasteiger partial charge in [-0.05, 0) is 25.3 Å². The number of carbonyl (C=O) groups excluding carboxylic acids is 1. The first-order chi connectivity index (χ1) is 8.15. The van der Waals surface area contributed by atoms with Crippen LogP contribution in [0, 0.1) is 11.8 Å². The zero-order chi connectivity index (χ0) is 12.7. The average molecular weight is 240 g/mol. The third-order valence-electron chi connectivity index (χ3n) is 3.11. The first-order valence-electron chi connectivity index (χ1n) is 5.96. The van der Waals surface area contributed by atoms with Gasteiger partial charge in [0.25, 0.3) is 0 Å². The molecule has 0 bridgehead atoms. The third kappa shape index (κ3) is 4.56. The number of carboxylic acids is 1. The number of nitrogens with one attached hydrogen (secondary N) is 2. The summed E-state index contributed by atoms with van der Waals surface area (Å²) in [5, 5.41) is 14.7. The molecule has 0 aromatic rings. The Kier molecular flexibility index (Phi) is 5.69. The molecule has 1 aliphatic carbocycles. The molecule has 0 spiro atoms. The fourth-order valence-corrected chi connectivity index (χ4v) is 2.23. The van der Waals surface area contributed by atoms with E-state index < -0.39 is 5.97 Å². The standard InChI is InChI=1S/C12H20N2O3/c1-2-6-14-11(15)8-13-7-9-4-3-5-10(9)12(16)17/h2,9-10,13H,1,3-8H2,(H,14,15)(H,16,17). The largest absolute Gasteiger partial charge is 0.481 e. The number of rotatable bonds is 7. The predicted molar refractivity (Wildman–Crippen MR) is 64.5 cm³/mol. The lowest BCUT2D eigenvalue weighted by Crippen LogP contribution is -2.37. The molecule has 0 radical (unpaired) electrons. The van der Waals surface area contributed by atoms with Crippen molar-refractivity contribution in [1.29, 1.82) is 0 Å². The first kappa shape index (κ1) is 13.7. The number of aliphatic carboxylic acids is 1. The van der Waals surface area contributed by atoms with E-state index in [0.717, 1.165) is 19.3 Å². The number of carbonyl (C=O) groups is 2. The summed E-state index contributed by atoms with van der Waals surface area (Å²) in [7, 11) is 0. The molecular weight excluding hydrogens is 220 g/mol. The quantitative estimate of drug-likeness (QED) is 0.562. The molecule has 1 rings (SSSR count). The molecule has 96 valence electrons. The molecule has 2 atom stereocenters. The minimum Gasteiger partial charge on any atom is -0.481 e. The van der Waals surface area contributed by atoms with Gasteiger partial charge in [-0.1, -0.05) is 12.5 Å². The Balaban J connectivity index is 2.19. The fraction of sp³-hybridized carbons (Fsp3) is 0.667. The van der Waals surface area contributed by atoms with E-state index in [2.05, 4.69) is 17.2 Å².